The van der Waals surface area contributed by atoms with Crippen LogP contribution < -0.4 is 5.32 Å². The van der Waals surface area contributed by atoms with Crippen LogP contribution in [-0.4, -0.2) is 63.0 Å². The van der Waals surface area contributed by atoms with Gasteiger partial charge in [-0.2, -0.15) is 0 Å². The number of amides is 1. The van der Waals surface area contributed by atoms with Gasteiger partial charge < -0.3 is 14.6 Å². The molecule has 1 amide bonds. The predicted octanol–water partition coefficient (Wildman–Crippen LogP) is 3.09. The molecule has 1 fully saturated rings. The van der Waals surface area contributed by atoms with Crippen molar-refractivity contribution in [2.45, 2.75) is 32.5 Å². The number of hydrogen-bond acceptors (Lipinski definition) is 6. The molecule has 1 heterocycles. The first kappa shape index (κ1) is 24.7. The highest BCUT2D eigenvalue weighted by Crippen LogP contribution is 2.27. The first-order valence-corrected chi connectivity index (χ1v) is 10.7. The minimum absolute atomic E-state index is 0.121. The van der Waals surface area contributed by atoms with Gasteiger partial charge in [-0.1, -0.05) is 37.0 Å². The Labute approximate surface area is 187 Å². The molecule has 0 bridgehead atoms. The van der Waals surface area contributed by atoms with Crippen LogP contribution in [-0.2, 0) is 18.9 Å². The molecule has 0 aromatic heterocycles. The van der Waals surface area contributed by atoms with E-state index >= 15 is 0 Å². The maximum Gasteiger partial charge on any atom is 0.531 e. The largest absolute Gasteiger partial charge is 0.531 e. The lowest BCUT2D eigenvalue weighted by molar-refractivity contribution is -0.138. The van der Waals surface area contributed by atoms with Crippen LogP contribution in [0.1, 0.15) is 37.0 Å². The first-order valence-electron chi connectivity index (χ1n) is 9.90. The van der Waals surface area contributed by atoms with Crippen LogP contribution in [0.2, 0.25) is 15.9 Å². The van der Waals surface area contributed by atoms with E-state index < -0.39 is 13.0 Å². The number of carbonyl (C=O) groups is 3. The topological polar surface area (TPSA) is 84.9 Å². The van der Waals surface area contributed by atoms with Crippen LogP contribution in [0.4, 0.5) is 0 Å². The lowest BCUT2D eigenvalue weighted by Gasteiger charge is -2.28. The van der Waals surface area contributed by atoms with Gasteiger partial charge in [-0.3, -0.25) is 19.3 Å². The van der Waals surface area contributed by atoms with Gasteiger partial charge in [-0.25, -0.2) is 0 Å². The van der Waals surface area contributed by atoms with E-state index in [9.17, 15) is 14.4 Å². The summed E-state index contributed by atoms with van der Waals surface area (Å²) in [7, 11) is 1.03. The van der Waals surface area contributed by atoms with Crippen LogP contribution in [0, 0.1) is 5.92 Å². The Balaban J connectivity index is 1.98. The molecule has 30 heavy (non-hydrogen) atoms. The number of benzene rings is 1. The fourth-order valence-corrected chi connectivity index (χ4v) is 3.64. The van der Waals surface area contributed by atoms with Gasteiger partial charge in [-0.05, 0) is 37.6 Å². The number of halogens is 2. The fourth-order valence-electron chi connectivity index (χ4n) is 3.26. The van der Waals surface area contributed by atoms with E-state index in [0.29, 0.717) is 24.6 Å². The second-order valence-corrected chi connectivity index (χ2v) is 8.75. The molecule has 2 rings (SSSR count). The molecule has 10 heteroatoms. The SMILES string of the molecule is CC(C)C[C@H](CC(=O)CNC(=O)c1cc(Cl)ccc1Cl)B1OCCN(C)CC(=O)O1. The molecule has 0 aliphatic carbocycles. The maximum atomic E-state index is 12.6. The zero-order chi connectivity index (χ0) is 22.3. The highest BCUT2D eigenvalue weighted by Gasteiger charge is 2.37. The average Bonchev–Trinajstić information content (AvgIpc) is 2.64. The number of nitrogens with one attached hydrogen (secondary N) is 1. The van der Waals surface area contributed by atoms with Crippen molar-refractivity contribution < 1.29 is 23.7 Å². The summed E-state index contributed by atoms with van der Waals surface area (Å²) in [6.45, 7) is 5.07. The molecule has 0 unspecified atom stereocenters. The number of hydrogen-bond donors (Lipinski definition) is 1. The fraction of sp³-hybridized carbons (Fsp3) is 0.550. The van der Waals surface area contributed by atoms with Gasteiger partial charge >= 0.3 is 13.1 Å². The zero-order valence-corrected chi connectivity index (χ0v) is 19.0. The van der Waals surface area contributed by atoms with E-state index in [1.807, 2.05) is 25.8 Å². The van der Waals surface area contributed by atoms with Crippen molar-refractivity contribution in [3.05, 3.63) is 33.8 Å². The minimum Gasteiger partial charge on any atom is -0.508 e. The van der Waals surface area contributed by atoms with Gasteiger partial charge in [0.1, 0.15) is 0 Å². The van der Waals surface area contributed by atoms with Gasteiger partial charge in [0.25, 0.3) is 5.91 Å². The van der Waals surface area contributed by atoms with Gasteiger partial charge in [-0.15, -0.1) is 0 Å². The van der Waals surface area contributed by atoms with Gasteiger partial charge in [0.05, 0.1) is 23.7 Å². The summed E-state index contributed by atoms with van der Waals surface area (Å²) in [4.78, 5) is 38.8. The molecule has 0 spiro atoms. The third kappa shape index (κ3) is 7.91. The Hall–Kier alpha value is -1.61. The molecule has 7 nitrogen and oxygen atoms in total. The quantitative estimate of drug-likeness (QED) is 0.605. The summed E-state index contributed by atoms with van der Waals surface area (Å²) in [5, 5.41) is 3.21. The van der Waals surface area contributed by atoms with E-state index in [2.05, 4.69) is 5.32 Å². The highest BCUT2D eigenvalue weighted by molar-refractivity contribution is 6.49. The Kier molecular flexibility index (Phi) is 9.62. The summed E-state index contributed by atoms with van der Waals surface area (Å²) in [5.74, 6) is -1.07. The van der Waals surface area contributed by atoms with Crippen molar-refractivity contribution in [3.63, 3.8) is 0 Å². The van der Waals surface area contributed by atoms with Crippen LogP contribution in [0.5, 0.6) is 0 Å². The molecule has 1 aliphatic heterocycles. The second kappa shape index (κ2) is 11.7. The summed E-state index contributed by atoms with van der Waals surface area (Å²) < 4.78 is 11.2. The molecule has 1 aromatic rings. The Morgan fingerprint density at radius 3 is 2.73 bits per heavy atom. The number of rotatable bonds is 8. The standard InChI is InChI=1S/C20H27BCl2N2O5/c1-13(2)8-14(21-29-7-6-25(3)12-19(27)30-21)9-16(26)11-24-20(28)17-10-15(22)4-5-18(17)23/h4-5,10,13-14H,6-9,11-12H2,1-3H3,(H,24,28)/t14-/m1/s1. The first-order chi connectivity index (χ1) is 14.2. The van der Waals surface area contributed by atoms with Crippen LogP contribution >= 0.6 is 23.2 Å². The van der Waals surface area contributed by atoms with Crippen molar-refractivity contribution in [1.29, 1.82) is 0 Å². The normalized spacial score (nSPS) is 16.6. The Morgan fingerprint density at radius 1 is 1.30 bits per heavy atom. The minimum atomic E-state index is -0.782. The van der Waals surface area contributed by atoms with E-state index in [4.69, 9.17) is 32.5 Å². The molecule has 0 radical (unpaired) electrons. The molecular weight excluding hydrogens is 430 g/mol. The van der Waals surface area contributed by atoms with Gasteiger partial charge in [0, 0.05) is 30.4 Å². The number of likely N-dealkylation sites (N-methyl/N-ethyl adjacent to an activating group) is 1. The van der Waals surface area contributed by atoms with E-state index in [1.165, 1.54) is 12.1 Å². The Morgan fingerprint density at radius 2 is 2.03 bits per heavy atom. The van der Waals surface area contributed by atoms with Crippen molar-refractivity contribution in [3.8, 4) is 0 Å². The molecule has 1 N–H and O–H groups in total. The maximum absolute atomic E-state index is 12.6. The molecular formula is C20H27BCl2N2O5. The summed E-state index contributed by atoms with van der Waals surface area (Å²) in [5.41, 5.74) is 0.206. The van der Waals surface area contributed by atoms with E-state index in [0.717, 1.165) is 0 Å². The van der Waals surface area contributed by atoms with E-state index in [1.54, 1.807) is 6.07 Å². The molecule has 1 aliphatic rings. The molecule has 1 atom stereocenters. The zero-order valence-electron chi connectivity index (χ0n) is 17.5. The third-order valence-corrected chi connectivity index (χ3v) is 5.23. The number of Topliss-reactive ketones (excluding diaryl/α,β-unsaturated/α-hetero) is 1. The molecule has 0 saturated carbocycles. The summed E-state index contributed by atoms with van der Waals surface area (Å²) >= 11 is 11.9. The average molecular weight is 457 g/mol. The monoisotopic (exact) mass is 456 g/mol. The van der Waals surface area contributed by atoms with Crippen LogP contribution in [0.3, 0.4) is 0 Å². The van der Waals surface area contributed by atoms with Crippen molar-refractivity contribution in [2.75, 3.05) is 33.3 Å². The van der Waals surface area contributed by atoms with Crippen LogP contribution in [0.15, 0.2) is 18.2 Å². The van der Waals surface area contributed by atoms with E-state index in [-0.39, 0.29) is 53.6 Å². The van der Waals surface area contributed by atoms with Gasteiger partial charge in [0.15, 0.2) is 5.78 Å². The predicted molar refractivity (Wildman–Crippen MR) is 117 cm³/mol. The smallest absolute Gasteiger partial charge is 0.508 e. The number of ketones is 1. The summed E-state index contributed by atoms with van der Waals surface area (Å²) in [6, 6.07) is 4.55. The molecule has 164 valence electrons. The molecule has 1 saturated heterocycles. The second-order valence-electron chi connectivity index (χ2n) is 7.91. The highest BCUT2D eigenvalue weighted by atomic mass is 35.5. The van der Waals surface area contributed by atoms with Crippen molar-refractivity contribution in [1.82, 2.24) is 10.2 Å². The van der Waals surface area contributed by atoms with Gasteiger partial charge in [0.2, 0.25) is 0 Å². The Bertz CT molecular complexity index is 778. The van der Waals surface area contributed by atoms with Crippen LogP contribution in [0.25, 0.3) is 0 Å². The number of nitrogens with zero attached hydrogens (tertiary/aromatic N) is 1. The van der Waals surface area contributed by atoms with Crippen molar-refractivity contribution >= 4 is 48.0 Å². The van der Waals surface area contributed by atoms with Crippen molar-refractivity contribution in [2.24, 2.45) is 5.92 Å². The lowest BCUT2D eigenvalue weighted by Crippen LogP contribution is -2.43. The summed E-state index contributed by atoms with van der Waals surface area (Å²) in [6.07, 6.45) is 0.767. The lowest BCUT2D eigenvalue weighted by atomic mass is 9.65. The number of carbonyl (C=O) groups excluding carboxylic acids is 3. The third-order valence-electron chi connectivity index (χ3n) is 4.67. The molecule has 1 aromatic carbocycles.